The number of carbonyl (C=O) groups excluding carboxylic acids is 1. The maximum absolute atomic E-state index is 12.9. The zero-order valence-electron chi connectivity index (χ0n) is 10.9. The molecule has 1 aliphatic carbocycles. The molecule has 1 saturated carbocycles. The predicted octanol–water partition coefficient (Wildman–Crippen LogP) is 2.92. The van der Waals surface area contributed by atoms with Gasteiger partial charge < -0.3 is 5.32 Å². The first-order valence-electron chi connectivity index (χ1n) is 6.39. The predicted molar refractivity (Wildman–Crippen MR) is 67.7 cm³/mol. The van der Waals surface area contributed by atoms with Crippen molar-refractivity contribution in [2.24, 2.45) is 5.41 Å². The van der Waals surface area contributed by atoms with Crippen LogP contribution in [-0.4, -0.2) is 16.9 Å². The van der Waals surface area contributed by atoms with E-state index in [9.17, 15) is 9.18 Å². The van der Waals surface area contributed by atoms with Crippen LogP contribution in [0.5, 0.6) is 0 Å². The van der Waals surface area contributed by atoms with Gasteiger partial charge in [0.2, 0.25) is 5.95 Å². The van der Waals surface area contributed by atoms with Gasteiger partial charge in [-0.05, 0) is 37.2 Å². The Morgan fingerprint density at radius 2 is 2.11 bits per heavy atom. The van der Waals surface area contributed by atoms with Crippen LogP contribution in [0, 0.1) is 11.4 Å². The second kappa shape index (κ2) is 5.04. The van der Waals surface area contributed by atoms with Crippen molar-refractivity contribution in [3.05, 3.63) is 29.8 Å². The standard InChI is InChI=1S/C14H19FN2O/c1-14(2)6-3-11(4-7-14)17-13(18)10-5-8-16-12(15)9-10/h5,8-9,11H,3-4,6-7H2,1-2H3,(H,17,18). The van der Waals surface area contributed by atoms with Gasteiger partial charge in [0, 0.05) is 23.9 Å². The van der Waals surface area contributed by atoms with E-state index in [0.29, 0.717) is 11.0 Å². The molecular weight excluding hydrogens is 231 g/mol. The molecule has 1 aromatic heterocycles. The van der Waals surface area contributed by atoms with Crippen molar-refractivity contribution < 1.29 is 9.18 Å². The van der Waals surface area contributed by atoms with E-state index in [0.717, 1.165) is 25.7 Å². The summed E-state index contributed by atoms with van der Waals surface area (Å²) in [7, 11) is 0. The van der Waals surface area contributed by atoms with Gasteiger partial charge in [0.15, 0.2) is 0 Å². The minimum atomic E-state index is -0.618. The number of pyridine rings is 1. The Bertz CT molecular complexity index is 435. The summed E-state index contributed by atoms with van der Waals surface area (Å²) in [6.07, 6.45) is 5.53. The molecule has 2 rings (SSSR count). The highest BCUT2D eigenvalue weighted by molar-refractivity contribution is 5.94. The average molecular weight is 250 g/mol. The highest BCUT2D eigenvalue weighted by atomic mass is 19.1. The molecule has 0 radical (unpaired) electrons. The SMILES string of the molecule is CC1(C)CCC(NC(=O)c2ccnc(F)c2)CC1. The Morgan fingerprint density at radius 1 is 1.44 bits per heavy atom. The lowest BCUT2D eigenvalue weighted by atomic mass is 9.75. The first kappa shape index (κ1) is 13.0. The number of carbonyl (C=O) groups is 1. The van der Waals surface area contributed by atoms with E-state index in [-0.39, 0.29) is 11.9 Å². The molecule has 0 saturated heterocycles. The normalized spacial score (nSPS) is 19.5. The minimum Gasteiger partial charge on any atom is -0.349 e. The Balaban J connectivity index is 1.93. The molecule has 1 fully saturated rings. The zero-order valence-corrected chi connectivity index (χ0v) is 10.9. The fourth-order valence-electron chi connectivity index (χ4n) is 2.36. The van der Waals surface area contributed by atoms with Gasteiger partial charge in [-0.2, -0.15) is 4.39 Å². The van der Waals surface area contributed by atoms with Crippen molar-refractivity contribution in [1.82, 2.24) is 10.3 Å². The van der Waals surface area contributed by atoms with Crippen LogP contribution in [0.2, 0.25) is 0 Å². The van der Waals surface area contributed by atoms with Gasteiger partial charge in [-0.1, -0.05) is 13.8 Å². The smallest absolute Gasteiger partial charge is 0.251 e. The molecule has 0 unspecified atom stereocenters. The Morgan fingerprint density at radius 3 is 2.72 bits per heavy atom. The molecule has 18 heavy (non-hydrogen) atoms. The topological polar surface area (TPSA) is 42.0 Å². The van der Waals surface area contributed by atoms with Gasteiger partial charge in [-0.25, -0.2) is 4.98 Å². The third-order valence-corrected chi connectivity index (χ3v) is 3.66. The fraction of sp³-hybridized carbons (Fsp3) is 0.571. The second-order valence-electron chi connectivity index (χ2n) is 5.78. The van der Waals surface area contributed by atoms with Crippen LogP contribution in [0.4, 0.5) is 4.39 Å². The van der Waals surface area contributed by atoms with E-state index >= 15 is 0 Å². The van der Waals surface area contributed by atoms with E-state index < -0.39 is 5.95 Å². The highest BCUT2D eigenvalue weighted by Crippen LogP contribution is 2.35. The number of hydrogen-bond donors (Lipinski definition) is 1. The van der Waals surface area contributed by atoms with Crippen LogP contribution in [0.1, 0.15) is 49.9 Å². The minimum absolute atomic E-state index is 0.207. The Kier molecular flexibility index (Phi) is 3.64. The summed E-state index contributed by atoms with van der Waals surface area (Å²) < 4.78 is 12.9. The number of amides is 1. The van der Waals surface area contributed by atoms with E-state index in [2.05, 4.69) is 24.1 Å². The number of rotatable bonds is 2. The monoisotopic (exact) mass is 250 g/mol. The van der Waals surface area contributed by atoms with Crippen LogP contribution in [-0.2, 0) is 0 Å². The fourth-order valence-corrected chi connectivity index (χ4v) is 2.36. The molecule has 0 spiro atoms. The maximum Gasteiger partial charge on any atom is 0.251 e. The molecule has 98 valence electrons. The highest BCUT2D eigenvalue weighted by Gasteiger charge is 2.27. The molecule has 1 N–H and O–H groups in total. The van der Waals surface area contributed by atoms with Crippen molar-refractivity contribution in [3.63, 3.8) is 0 Å². The van der Waals surface area contributed by atoms with E-state index in [4.69, 9.17) is 0 Å². The van der Waals surface area contributed by atoms with Gasteiger partial charge in [-0.15, -0.1) is 0 Å². The van der Waals surface area contributed by atoms with Gasteiger partial charge >= 0.3 is 0 Å². The molecule has 1 heterocycles. The van der Waals surface area contributed by atoms with E-state index in [1.165, 1.54) is 18.3 Å². The first-order valence-corrected chi connectivity index (χ1v) is 6.39. The molecule has 1 aliphatic rings. The van der Waals surface area contributed by atoms with Crippen molar-refractivity contribution in [3.8, 4) is 0 Å². The number of nitrogens with one attached hydrogen (secondary N) is 1. The van der Waals surface area contributed by atoms with Gasteiger partial charge in [0.05, 0.1) is 0 Å². The number of halogens is 1. The quantitative estimate of drug-likeness (QED) is 0.820. The van der Waals surface area contributed by atoms with Crippen LogP contribution in [0.15, 0.2) is 18.3 Å². The van der Waals surface area contributed by atoms with E-state index in [1.807, 2.05) is 0 Å². The maximum atomic E-state index is 12.9. The molecule has 0 aliphatic heterocycles. The van der Waals surface area contributed by atoms with Gasteiger partial charge in [0.1, 0.15) is 0 Å². The number of hydrogen-bond acceptors (Lipinski definition) is 2. The molecule has 1 amide bonds. The van der Waals surface area contributed by atoms with Crippen molar-refractivity contribution in [2.45, 2.75) is 45.6 Å². The van der Waals surface area contributed by atoms with Crippen LogP contribution < -0.4 is 5.32 Å². The molecule has 1 aromatic rings. The lowest BCUT2D eigenvalue weighted by Crippen LogP contribution is -2.39. The number of aromatic nitrogens is 1. The third kappa shape index (κ3) is 3.28. The van der Waals surface area contributed by atoms with Gasteiger partial charge in [-0.3, -0.25) is 4.79 Å². The summed E-state index contributed by atoms with van der Waals surface area (Å²) >= 11 is 0. The number of nitrogens with zero attached hydrogens (tertiary/aromatic N) is 1. The van der Waals surface area contributed by atoms with Crippen LogP contribution in [0.25, 0.3) is 0 Å². The summed E-state index contributed by atoms with van der Waals surface area (Å²) in [6.45, 7) is 4.51. The Hall–Kier alpha value is -1.45. The lowest BCUT2D eigenvalue weighted by Gasteiger charge is -2.34. The average Bonchev–Trinajstić information content (AvgIpc) is 2.32. The van der Waals surface area contributed by atoms with Gasteiger partial charge in [0.25, 0.3) is 5.91 Å². The van der Waals surface area contributed by atoms with Crippen molar-refractivity contribution in [2.75, 3.05) is 0 Å². The summed E-state index contributed by atoms with van der Waals surface area (Å²) in [5.74, 6) is -0.826. The Labute approximate surface area is 107 Å². The van der Waals surface area contributed by atoms with E-state index in [1.54, 1.807) is 0 Å². The molecule has 0 atom stereocenters. The summed E-state index contributed by atoms with van der Waals surface area (Å²) in [5, 5.41) is 2.97. The van der Waals surface area contributed by atoms with Crippen molar-refractivity contribution in [1.29, 1.82) is 0 Å². The molecular formula is C14H19FN2O. The second-order valence-corrected chi connectivity index (χ2v) is 5.78. The first-order chi connectivity index (χ1) is 8.46. The molecule has 0 bridgehead atoms. The third-order valence-electron chi connectivity index (χ3n) is 3.66. The molecule has 0 aromatic carbocycles. The molecule has 4 heteroatoms. The zero-order chi connectivity index (χ0) is 13.2. The largest absolute Gasteiger partial charge is 0.349 e. The summed E-state index contributed by atoms with van der Waals surface area (Å²) in [4.78, 5) is 15.4. The van der Waals surface area contributed by atoms with Crippen LogP contribution in [0.3, 0.4) is 0 Å². The molecule has 3 nitrogen and oxygen atoms in total. The van der Waals surface area contributed by atoms with Crippen molar-refractivity contribution >= 4 is 5.91 Å². The lowest BCUT2D eigenvalue weighted by molar-refractivity contribution is 0.0908. The summed E-state index contributed by atoms with van der Waals surface area (Å²) in [6, 6.07) is 2.91. The summed E-state index contributed by atoms with van der Waals surface area (Å²) in [5.41, 5.74) is 0.719. The van der Waals surface area contributed by atoms with Crippen LogP contribution >= 0.6 is 0 Å².